The Labute approximate surface area is 296 Å². The zero-order valence-electron chi connectivity index (χ0n) is 26.9. The second kappa shape index (κ2) is 15.7. The third-order valence-corrected chi connectivity index (χ3v) is 8.20. The fraction of sp³-hybridized carbons (Fsp3) is 0.0244. The summed E-state index contributed by atoms with van der Waals surface area (Å²) in [5, 5.41) is 11.6. The standard InChI is InChI=1S/C20H14N2O2.C13H10N2.C8H7BrO2/c23-20(24)15-7-5-8-16(12-15)22-18-10-2-1-6-14(18)13-19(22)17-9-3-4-11-21-17;1-2-6-11-10(5-1)9-13(15-11)12-7-3-4-8-14-12;1-11-8(10)6-3-2-4-7(9)5-6/h1-13H,(H,23,24);1-9,15H;2-5H,1H3. The second-order valence-electron chi connectivity index (χ2n) is 11.0. The molecule has 8 nitrogen and oxygen atoms in total. The molecule has 0 unspecified atom stereocenters. The van der Waals surface area contributed by atoms with E-state index < -0.39 is 5.97 Å². The molecule has 2 N–H and O–H groups in total. The first-order valence-corrected chi connectivity index (χ1v) is 16.4. The first kappa shape index (κ1) is 33.6. The van der Waals surface area contributed by atoms with E-state index in [4.69, 9.17) is 0 Å². The minimum atomic E-state index is -0.937. The fourth-order valence-corrected chi connectivity index (χ4v) is 5.78. The Morgan fingerprint density at radius 1 is 0.680 bits per heavy atom. The van der Waals surface area contributed by atoms with Gasteiger partial charge in [-0.25, -0.2) is 9.59 Å². The van der Waals surface area contributed by atoms with E-state index in [-0.39, 0.29) is 11.5 Å². The Kier molecular flexibility index (Phi) is 10.6. The number of rotatable bonds is 5. The van der Waals surface area contributed by atoms with Gasteiger partial charge in [0.05, 0.1) is 46.5 Å². The molecule has 4 heterocycles. The van der Waals surface area contributed by atoms with Crippen LogP contribution < -0.4 is 0 Å². The van der Waals surface area contributed by atoms with E-state index in [9.17, 15) is 14.7 Å². The lowest BCUT2D eigenvalue weighted by atomic mass is 10.2. The largest absolute Gasteiger partial charge is 0.478 e. The van der Waals surface area contributed by atoms with Gasteiger partial charge in [-0.2, -0.15) is 0 Å². The highest BCUT2D eigenvalue weighted by molar-refractivity contribution is 9.10. The molecule has 0 amide bonds. The maximum absolute atomic E-state index is 11.3. The molecule has 0 aliphatic heterocycles. The average Bonchev–Trinajstić information content (AvgIpc) is 3.78. The maximum atomic E-state index is 11.3. The number of fused-ring (bicyclic) bond motifs is 2. The molecular weight excluding hydrogens is 692 g/mol. The number of carbonyl (C=O) groups excluding carboxylic acids is 1. The number of benzene rings is 4. The van der Waals surface area contributed by atoms with Crippen molar-refractivity contribution < 1.29 is 19.4 Å². The number of esters is 1. The van der Waals surface area contributed by atoms with Crippen molar-refractivity contribution in [2.45, 2.75) is 0 Å². The molecule has 4 aromatic carbocycles. The van der Waals surface area contributed by atoms with Gasteiger partial charge in [-0.15, -0.1) is 0 Å². The monoisotopic (exact) mass is 722 g/mol. The quantitative estimate of drug-likeness (QED) is 0.171. The van der Waals surface area contributed by atoms with Crippen LogP contribution in [0.4, 0.5) is 0 Å². The molecule has 0 bridgehead atoms. The number of H-pyrrole nitrogens is 1. The van der Waals surface area contributed by atoms with Crippen LogP contribution in [-0.4, -0.2) is 43.7 Å². The van der Waals surface area contributed by atoms with Gasteiger partial charge in [-0.05, 0) is 84.9 Å². The molecule has 0 radical (unpaired) electrons. The highest BCUT2D eigenvalue weighted by Crippen LogP contribution is 2.31. The van der Waals surface area contributed by atoms with Crippen molar-refractivity contribution in [3.8, 4) is 28.5 Å². The highest BCUT2D eigenvalue weighted by atomic mass is 79.9. The fourth-order valence-electron chi connectivity index (χ4n) is 5.38. The summed E-state index contributed by atoms with van der Waals surface area (Å²) in [5.74, 6) is -1.25. The number of carboxylic acid groups (broad SMARTS) is 1. The number of nitrogens with one attached hydrogen (secondary N) is 1. The van der Waals surface area contributed by atoms with Crippen LogP contribution in [0.2, 0.25) is 0 Å². The summed E-state index contributed by atoms with van der Waals surface area (Å²) in [7, 11) is 1.36. The average molecular weight is 724 g/mol. The van der Waals surface area contributed by atoms with Crippen molar-refractivity contribution in [1.29, 1.82) is 0 Å². The number of aromatic amines is 1. The third kappa shape index (κ3) is 7.86. The molecule has 0 saturated carbocycles. The summed E-state index contributed by atoms with van der Waals surface area (Å²) in [4.78, 5) is 34.4. The number of aromatic nitrogens is 4. The number of aromatic carboxylic acids is 1. The molecule has 0 spiro atoms. The van der Waals surface area contributed by atoms with E-state index in [0.29, 0.717) is 5.56 Å². The van der Waals surface area contributed by atoms with Crippen LogP contribution in [0.5, 0.6) is 0 Å². The summed E-state index contributed by atoms with van der Waals surface area (Å²) in [6, 6.07) is 46.2. The number of ether oxygens (including phenoxy) is 1. The van der Waals surface area contributed by atoms with Gasteiger partial charge < -0.3 is 19.4 Å². The van der Waals surface area contributed by atoms with Crippen molar-refractivity contribution in [2.75, 3.05) is 7.11 Å². The Morgan fingerprint density at radius 2 is 1.34 bits per heavy atom. The number of nitrogens with zero attached hydrogens (tertiary/aromatic N) is 3. The molecule has 0 saturated heterocycles. The van der Waals surface area contributed by atoms with E-state index in [1.54, 1.807) is 48.8 Å². The Morgan fingerprint density at radius 3 is 2.02 bits per heavy atom. The van der Waals surface area contributed by atoms with Crippen LogP contribution in [0.15, 0.2) is 162 Å². The van der Waals surface area contributed by atoms with Crippen LogP contribution >= 0.6 is 15.9 Å². The number of hydrogen-bond acceptors (Lipinski definition) is 5. The molecule has 0 fully saturated rings. The third-order valence-electron chi connectivity index (χ3n) is 7.71. The Hall–Kier alpha value is -6.32. The predicted octanol–water partition coefficient (Wildman–Crippen LogP) is 9.86. The Bertz CT molecular complexity index is 2350. The minimum absolute atomic E-state index is 0.261. The van der Waals surface area contributed by atoms with Crippen LogP contribution in [0.1, 0.15) is 20.7 Å². The highest BCUT2D eigenvalue weighted by Gasteiger charge is 2.14. The Balaban J connectivity index is 0.000000142. The lowest BCUT2D eigenvalue weighted by Gasteiger charge is -2.11. The normalized spacial score (nSPS) is 10.4. The van der Waals surface area contributed by atoms with Crippen LogP contribution in [-0.2, 0) is 4.74 Å². The summed E-state index contributed by atoms with van der Waals surface area (Å²) in [6.07, 6.45) is 3.56. The first-order chi connectivity index (χ1) is 24.4. The minimum Gasteiger partial charge on any atom is -0.478 e. The van der Waals surface area contributed by atoms with E-state index >= 15 is 0 Å². The van der Waals surface area contributed by atoms with Gasteiger partial charge in [-0.1, -0.05) is 76.6 Å². The van der Waals surface area contributed by atoms with E-state index in [1.807, 2.05) is 89.5 Å². The summed E-state index contributed by atoms with van der Waals surface area (Å²) >= 11 is 3.25. The number of para-hydroxylation sites is 2. The topological polar surface area (TPSA) is 110 Å². The smallest absolute Gasteiger partial charge is 0.337 e. The molecule has 0 aliphatic rings. The van der Waals surface area contributed by atoms with Gasteiger partial charge in [0.1, 0.15) is 0 Å². The van der Waals surface area contributed by atoms with Crippen molar-refractivity contribution in [3.05, 3.63) is 174 Å². The van der Waals surface area contributed by atoms with E-state index in [2.05, 4.69) is 59.9 Å². The molecule has 4 aromatic heterocycles. The lowest BCUT2D eigenvalue weighted by Crippen LogP contribution is -2.01. The van der Waals surface area contributed by atoms with E-state index in [0.717, 1.165) is 49.4 Å². The van der Waals surface area contributed by atoms with Crippen LogP contribution in [0.25, 0.3) is 50.3 Å². The molecule has 50 heavy (non-hydrogen) atoms. The summed E-state index contributed by atoms with van der Waals surface area (Å²) < 4.78 is 7.45. The lowest BCUT2D eigenvalue weighted by molar-refractivity contribution is 0.0599. The zero-order chi connectivity index (χ0) is 34.9. The molecular formula is C41H31BrN4O4. The van der Waals surface area contributed by atoms with Gasteiger partial charge in [0.2, 0.25) is 0 Å². The predicted molar refractivity (Wildman–Crippen MR) is 200 cm³/mol. The van der Waals surface area contributed by atoms with Crippen molar-refractivity contribution in [2.24, 2.45) is 0 Å². The van der Waals surface area contributed by atoms with Crippen LogP contribution in [0.3, 0.4) is 0 Å². The number of halogens is 1. The number of carboxylic acids is 1. The summed E-state index contributed by atoms with van der Waals surface area (Å²) in [5.41, 5.74) is 7.61. The van der Waals surface area contributed by atoms with Gasteiger partial charge in [0.25, 0.3) is 0 Å². The number of methoxy groups -OCH3 is 1. The molecule has 8 aromatic rings. The van der Waals surface area contributed by atoms with Crippen molar-refractivity contribution in [1.82, 2.24) is 19.5 Å². The second-order valence-corrected chi connectivity index (χ2v) is 11.9. The van der Waals surface area contributed by atoms with E-state index in [1.165, 1.54) is 12.5 Å². The molecule has 246 valence electrons. The van der Waals surface area contributed by atoms with Crippen molar-refractivity contribution >= 4 is 49.7 Å². The van der Waals surface area contributed by atoms with Gasteiger partial charge >= 0.3 is 11.9 Å². The molecule has 9 heteroatoms. The van der Waals surface area contributed by atoms with Gasteiger partial charge in [-0.3, -0.25) is 9.97 Å². The van der Waals surface area contributed by atoms with Crippen molar-refractivity contribution in [3.63, 3.8) is 0 Å². The zero-order valence-corrected chi connectivity index (χ0v) is 28.5. The van der Waals surface area contributed by atoms with Gasteiger partial charge in [0.15, 0.2) is 0 Å². The molecule has 0 atom stereocenters. The maximum Gasteiger partial charge on any atom is 0.337 e. The first-order valence-electron chi connectivity index (χ1n) is 15.6. The summed E-state index contributed by atoms with van der Waals surface area (Å²) in [6.45, 7) is 0. The molecule has 8 rings (SSSR count). The SMILES string of the molecule is COC(=O)c1cccc(Br)c1.O=C(O)c1cccc(-n2c(-c3ccccn3)cc3ccccc32)c1.c1ccc(-c2cc3ccccc3[nH]2)nc1. The number of pyridine rings is 2. The number of carbonyl (C=O) groups is 2. The number of hydrogen-bond donors (Lipinski definition) is 2. The van der Waals surface area contributed by atoms with Gasteiger partial charge in [0, 0.05) is 38.8 Å². The molecule has 0 aliphatic carbocycles. The van der Waals surface area contributed by atoms with Crippen LogP contribution in [0, 0.1) is 0 Å².